The fraction of sp³-hybridized carbons (Fsp3) is 0.250. The highest BCUT2D eigenvalue weighted by Crippen LogP contribution is 2.29. The maximum atomic E-state index is 11.7. The van der Waals surface area contributed by atoms with Crippen molar-refractivity contribution < 1.29 is 14.8 Å². The smallest absolute Gasteiger partial charge is 0.364 e. The highest BCUT2D eigenvalue weighted by Gasteiger charge is 2.23. The third-order valence-corrected chi connectivity index (χ3v) is 4.50. The fourth-order valence-corrected chi connectivity index (χ4v) is 3.13. The lowest BCUT2D eigenvalue weighted by molar-refractivity contribution is -0.676. The minimum Gasteiger partial charge on any atom is -0.465 e. The Labute approximate surface area is 141 Å². The summed E-state index contributed by atoms with van der Waals surface area (Å²) in [5.74, 6) is 0.00944. The molecule has 3 N–H and O–H groups in total. The van der Waals surface area contributed by atoms with E-state index in [1.807, 2.05) is 24.4 Å². The van der Waals surface area contributed by atoms with Gasteiger partial charge in [-0.1, -0.05) is 48.5 Å². The van der Waals surface area contributed by atoms with Crippen LogP contribution in [0.2, 0.25) is 0 Å². The van der Waals surface area contributed by atoms with E-state index in [0.29, 0.717) is 0 Å². The van der Waals surface area contributed by atoms with Gasteiger partial charge < -0.3 is 15.0 Å². The second-order valence-electron chi connectivity index (χ2n) is 6.04. The molecule has 0 saturated carbocycles. The Morgan fingerprint density at radius 1 is 1.12 bits per heavy atom. The van der Waals surface area contributed by atoms with Gasteiger partial charge in [0.25, 0.3) is 0 Å². The molecule has 24 heavy (non-hydrogen) atoms. The SMILES string of the molecule is COC(=O)[C@H](C)[NH2+]C[C@@H](c1ccccc1)c1c[nH]c2ccccc12. The zero-order valence-electron chi connectivity index (χ0n) is 14.0. The van der Waals surface area contributed by atoms with E-state index in [2.05, 4.69) is 53.6 Å². The molecule has 2 aromatic carbocycles. The summed E-state index contributed by atoms with van der Waals surface area (Å²) in [6.07, 6.45) is 2.08. The van der Waals surface area contributed by atoms with E-state index in [0.717, 1.165) is 12.1 Å². The van der Waals surface area contributed by atoms with Crippen molar-refractivity contribution in [3.05, 3.63) is 71.9 Å². The third-order valence-electron chi connectivity index (χ3n) is 4.50. The first kappa shape index (κ1) is 16.3. The molecule has 0 saturated heterocycles. The Hall–Kier alpha value is -2.59. The number of aromatic amines is 1. The summed E-state index contributed by atoms with van der Waals surface area (Å²) in [5, 5.41) is 3.27. The molecule has 3 rings (SSSR count). The van der Waals surface area contributed by atoms with Gasteiger partial charge >= 0.3 is 5.97 Å². The van der Waals surface area contributed by atoms with Gasteiger partial charge in [0.05, 0.1) is 19.6 Å². The third kappa shape index (κ3) is 3.34. The number of ether oxygens (including phenoxy) is 1. The van der Waals surface area contributed by atoms with E-state index in [9.17, 15) is 4.79 Å². The Morgan fingerprint density at radius 2 is 1.83 bits per heavy atom. The number of nitrogens with one attached hydrogen (secondary N) is 1. The average Bonchev–Trinajstić information content (AvgIpc) is 3.06. The summed E-state index contributed by atoms with van der Waals surface area (Å²) in [7, 11) is 1.43. The summed E-state index contributed by atoms with van der Waals surface area (Å²) in [6.45, 7) is 2.66. The average molecular weight is 323 g/mol. The molecule has 0 unspecified atom stereocenters. The molecule has 0 bridgehead atoms. The molecular weight excluding hydrogens is 300 g/mol. The Morgan fingerprint density at radius 3 is 2.58 bits per heavy atom. The van der Waals surface area contributed by atoms with Crippen molar-refractivity contribution in [2.75, 3.05) is 13.7 Å². The van der Waals surface area contributed by atoms with Gasteiger partial charge in [-0.3, -0.25) is 0 Å². The molecule has 2 atom stereocenters. The van der Waals surface area contributed by atoms with Crippen LogP contribution < -0.4 is 5.32 Å². The van der Waals surface area contributed by atoms with Crippen LogP contribution in [0, 0.1) is 0 Å². The van der Waals surface area contributed by atoms with Crippen molar-refractivity contribution in [1.82, 2.24) is 4.98 Å². The van der Waals surface area contributed by atoms with E-state index in [4.69, 9.17) is 4.74 Å². The lowest BCUT2D eigenvalue weighted by Crippen LogP contribution is -2.92. The van der Waals surface area contributed by atoms with Crippen molar-refractivity contribution in [2.24, 2.45) is 0 Å². The number of aromatic nitrogens is 1. The van der Waals surface area contributed by atoms with Crippen molar-refractivity contribution >= 4 is 16.9 Å². The maximum Gasteiger partial charge on any atom is 0.364 e. The van der Waals surface area contributed by atoms with Crippen molar-refractivity contribution in [3.8, 4) is 0 Å². The quantitative estimate of drug-likeness (QED) is 0.685. The molecular formula is C20H23N2O2+. The van der Waals surface area contributed by atoms with Gasteiger partial charge in [-0.25, -0.2) is 4.79 Å². The van der Waals surface area contributed by atoms with Crippen LogP contribution in [0.3, 0.4) is 0 Å². The van der Waals surface area contributed by atoms with Crippen LogP contribution in [-0.4, -0.2) is 30.6 Å². The summed E-state index contributed by atoms with van der Waals surface area (Å²) in [4.78, 5) is 15.1. The van der Waals surface area contributed by atoms with E-state index >= 15 is 0 Å². The minimum absolute atomic E-state index is 0.194. The number of esters is 1. The highest BCUT2D eigenvalue weighted by atomic mass is 16.5. The predicted molar refractivity (Wildman–Crippen MR) is 94.9 cm³/mol. The van der Waals surface area contributed by atoms with E-state index in [1.165, 1.54) is 23.6 Å². The van der Waals surface area contributed by atoms with E-state index in [-0.39, 0.29) is 17.9 Å². The molecule has 0 spiro atoms. The number of benzene rings is 2. The van der Waals surface area contributed by atoms with Crippen molar-refractivity contribution in [3.63, 3.8) is 0 Å². The first-order valence-electron chi connectivity index (χ1n) is 8.23. The van der Waals surface area contributed by atoms with E-state index < -0.39 is 0 Å². The first-order valence-corrected chi connectivity index (χ1v) is 8.23. The Balaban J connectivity index is 1.92. The van der Waals surface area contributed by atoms with Crippen LogP contribution in [0.1, 0.15) is 24.0 Å². The van der Waals surface area contributed by atoms with Crippen molar-refractivity contribution in [2.45, 2.75) is 18.9 Å². The normalized spacial score (nSPS) is 13.6. The number of quaternary nitrogens is 1. The molecule has 0 radical (unpaired) electrons. The standard InChI is InChI=1S/C20H22N2O2/c1-14(20(23)24-2)21-12-17(15-8-4-3-5-9-15)18-13-22-19-11-7-6-10-16(18)19/h3-11,13-14,17,21-22H,12H2,1-2H3/p+1/t14-,17-/m0/s1. The lowest BCUT2D eigenvalue weighted by atomic mass is 9.90. The summed E-state index contributed by atoms with van der Waals surface area (Å²) in [5.41, 5.74) is 3.63. The van der Waals surface area contributed by atoms with E-state index in [1.54, 1.807) is 0 Å². The van der Waals surface area contributed by atoms with Gasteiger partial charge in [0.1, 0.15) is 0 Å². The summed E-state index contributed by atoms with van der Waals surface area (Å²) in [6, 6.07) is 18.5. The van der Waals surface area contributed by atoms with Gasteiger partial charge in [-0.2, -0.15) is 0 Å². The van der Waals surface area contributed by atoms with Crippen LogP contribution >= 0.6 is 0 Å². The van der Waals surface area contributed by atoms with Gasteiger partial charge in [-0.05, 0) is 24.1 Å². The topological polar surface area (TPSA) is 58.7 Å². The molecule has 0 aliphatic rings. The molecule has 0 aliphatic heterocycles. The molecule has 1 heterocycles. The van der Waals surface area contributed by atoms with Crippen LogP contribution in [0.5, 0.6) is 0 Å². The van der Waals surface area contributed by atoms with Crippen LogP contribution in [0.4, 0.5) is 0 Å². The number of rotatable bonds is 6. The molecule has 0 amide bonds. The number of para-hydroxylation sites is 1. The monoisotopic (exact) mass is 323 g/mol. The van der Waals surface area contributed by atoms with Gasteiger partial charge in [0.2, 0.25) is 0 Å². The Kier molecular flexibility index (Phi) is 4.96. The number of H-pyrrole nitrogens is 1. The van der Waals surface area contributed by atoms with Gasteiger partial charge in [0.15, 0.2) is 6.04 Å². The molecule has 124 valence electrons. The summed E-state index contributed by atoms with van der Waals surface area (Å²) < 4.78 is 4.83. The molecule has 4 nitrogen and oxygen atoms in total. The second-order valence-corrected chi connectivity index (χ2v) is 6.04. The number of hydrogen-bond donors (Lipinski definition) is 2. The van der Waals surface area contributed by atoms with Crippen molar-refractivity contribution in [1.29, 1.82) is 0 Å². The second kappa shape index (κ2) is 7.32. The first-order chi connectivity index (χ1) is 11.7. The van der Waals surface area contributed by atoms with Gasteiger partial charge in [0, 0.05) is 17.1 Å². The molecule has 0 fully saturated rings. The predicted octanol–water partition coefficient (Wildman–Crippen LogP) is 2.42. The number of carbonyl (C=O) groups is 1. The lowest BCUT2D eigenvalue weighted by Gasteiger charge is -2.18. The molecule has 1 aromatic heterocycles. The number of nitrogens with two attached hydrogens (primary N) is 1. The zero-order chi connectivity index (χ0) is 16.9. The number of fused-ring (bicyclic) bond motifs is 1. The molecule has 3 aromatic rings. The Bertz CT molecular complexity index is 811. The molecule has 0 aliphatic carbocycles. The highest BCUT2D eigenvalue weighted by molar-refractivity contribution is 5.84. The zero-order valence-corrected chi connectivity index (χ0v) is 14.0. The largest absolute Gasteiger partial charge is 0.465 e. The molecule has 4 heteroatoms. The van der Waals surface area contributed by atoms with Crippen LogP contribution in [-0.2, 0) is 9.53 Å². The van der Waals surface area contributed by atoms with Crippen LogP contribution in [0.25, 0.3) is 10.9 Å². The maximum absolute atomic E-state index is 11.7. The fourth-order valence-electron chi connectivity index (χ4n) is 3.13. The number of carbonyl (C=O) groups excluding carboxylic acids is 1. The summed E-state index contributed by atoms with van der Waals surface area (Å²) >= 11 is 0. The number of methoxy groups -OCH3 is 1. The van der Waals surface area contributed by atoms with Crippen LogP contribution in [0.15, 0.2) is 60.8 Å². The number of hydrogen-bond acceptors (Lipinski definition) is 2. The minimum atomic E-state index is -0.216. The van der Waals surface area contributed by atoms with Gasteiger partial charge in [-0.15, -0.1) is 0 Å².